The maximum Gasteiger partial charge on any atom is 0.0517 e. The van der Waals surface area contributed by atoms with Gasteiger partial charge in [-0.2, -0.15) is 0 Å². The van der Waals surface area contributed by atoms with Crippen molar-refractivity contribution in [3.63, 3.8) is 0 Å². The van der Waals surface area contributed by atoms with Gasteiger partial charge in [-0.15, -0.1) is 24.8 Å². The second-order valence-electron chi connectivity index (χ2n) is 4.56. The molecule has 1 aliphatic heterocycles. The van der Waals surface area contributed by atoms with E-state index in [1.807, 2.05) is 6.07 Å². The number of aryl methyl sites for hydroxylation is 1. The lowest BCUT2D eigenvalue weighted by molar-refractivity contribution is 0.668. The van der Waals surface area contributed by atoms with E-state index in [4.69, 9.17) is 5.73 Å². The highest BCUT2D eigenvalue weighted by molar-refractivity contribution is 5.85. The molecule has 0 saturated carbocycles. The Morgan fingerprint density at radius 3 is 2.47 bits per heavy atom. The Morgan fingerprint density at radius 2 is 1.74 bits per heavy atom. The Labute approximate surface area is 126 Å². The molecule has 0 saturated heterocycles. The largest absolute Gasteiger partial charge is 0.399 e. The first-order valence-corrected chi connectivity index (χ1v) is 6.03. The molecule has 2 nitrogen and oxygen atoms in total. The van der Waals surface area contributed by atoms with Gasteiger partial charge in [0.2, 0.25) is 0 Å². The summed E-state index contributed by atoms with van der Waals surface area (Å²) in [6, 6.07) is 17.1. The van der Waals surface area contributed by atoms with Gasteiger partial charge in [-0.1, -0.05) is 30.3 Å². The van der Waals surface area contributed by atoms with E-state index in [1.54, 1.807) is 0 Å². The molecule has 0 fully saturated rings. The third-order valence-corrected chi connectivity index (χ3v) is 3.36. The van der Waals surface area contributed by atoms with Gasteiger partial charge in [0.25, 0.3) is 0 Å². The summed E-state index contributed by atoms with van der Waals surface area (Å²) in [5.41, 5.74) is 10.6. The SMILES string of the molecule is Cl.Cl.Nc1ccc2c(c1)CCC(c1ccccc1)N2. The summed E-state index contributed by atoms with van der Waals surface area (Å²) in [7, 11) is 0. The maximum absolute atomic E-state index is 5.80. The van der Waals surface area contributed by atoms with Crippen molar-refractivity contribution >= 4 is 36.2 Å². The molecule has 2 aromatic carbocycles. The Balaban J connectivity index is 0.000000902. The number of anilines is 2. The Hall–Kier alpha value is -1.38. The second-order valence-corrected chi connectivity index (χ2v) is 4.56. The fourth-order valence-electron chi connectivity index (χ4n) is 2.46. The van der Waals surface area contributed by atoms with Crippen LogP contribution < -0.4 is 11.1 Å². The number of nitrogen functional groups attached to an aromatic ring is 1. The number of halogens is 2. The normalized spacial score (nSPS) is 16.3. The van der Waals surface area contributed by atoms with Gasteiger partial charge in [0, 0.05) is 11.4 Å². The first-order chi connectivity index (χ1) is 8.33. The number of hydrogen-bond acceptors (Lipinski definition) is 2. The van der Waals surface area contributed by atoms with Crippen molar-refractivity contribution < 1.29 is 0 Å². The zero-order valence-corrected chi connectivity index (χ0v) is 12.1. The molecule has 0 aliphatic carbocycles. The van der Waals surface area contributed by atoms with E-state index in [0.29, 0.717) is 6.04 Å². The predicted molar refractivity (Wildman–Crippen MR) is 86.5 cm³/mol. The minimum atomic E-state index is 0. The number of nitrogens with one attached hydrogen (secondary N) is 1. The van der Waals surface area contributed by atoms with Crippen molar-refractivity contribution in [1.29, 1.82) is 0 Å². The summed E-state index contributed by atoms with van der Waals surface area (Å²) >= 11 is 0. The number of benzene rings is 2. The summed E-state index contributed by atoms with van der Waals surface area (Å²) < 4.78 is 0. The van der Waals surface area contributed by atoms with Crippen molar-refractivity contribution in [2.75, 3.05) is 11.1 Å². The first-order valence-electron chi connectivity index (χ1n) is 6.03. The molecule has 0 spiro atoms. The Bertz CT molecular complexity index is 529. The van der Waals surface area contributed by atoms with Crippen molar-refractivity contribution in [3.05, 3.63) is 59.7 Å². The van der Waals surface area contributed by atoms with Crippen LogP contribution in [0.4, 0.5) is 11.4 Å². The molecule has 3 rings (SSSR count). The highest BCUT2D eigenvalue weighted by Gasteiger charge is 2.18. The number of hydrogen-bond donors (Lipinski definition) is 2. The highest BCUT2D eigenvalue weighted by atomic mass is 35.5. The van der Waals surface area contributed by atoms with E-state index in [9.17, 15) is 0 Å². The monoisotopic (exact) mass is 296 g/mol. The quantitative estimate of drug-likeness (QED) is 0.774. The Kier molecular flexibility index (Phi) is 5.52. The van der Waals surface area contributed by atoms with Crippen LogP contribution in [0.5, 0.6) is 0 Å². The van der Waals surface area contributed by atoms with Gasteiger partial charge in [-0.25, -0.2) is 0 Å². The van der Waals surface area contributed by atoms with Gasteiger partial charge in [-0.3, -0.25) is 0 Å². The summed E-state index contributed by atoms with van der Waals surface area (Å²) in [5, 5.41) is 3.58. The molecule has 0 amide bonds. The summed E-state index contributed by atoms with van der Waals surface area (Å²) in [6.07, 6.45) is 2.22. The van der Waals surface area contributed by atoms with Crippen LogP contribution in [-0.2, 0) is 6.42 Å². The zero-order valence-electron chi connectivity index (χ0n) is 10.5. The topological polar surface area (TPSA) is 38.0 Å². The van der Waals surface area contributed by atoms with Crippen LogP contribution in [0.3, 0.4) is 0 Å². The van der Waals surface area contributed by atoms with Crippen LogP contribution in [-0.4, -0.2) is 0 Å². The van der Waals surface area contributed by atoms with E-state index in [-0.39, 0.29) is 24.8 Å². The van der Waals surface area contributed by atoms with Crippen LogP contribution in [0.1, 0.15) is 23.6 Å². The molecular formula is C15H18Cl2N2. The van der Waals surface area contributed by atoms with E-state index in [1.165, 1.54) is 16.8 Å². The van der Waals surface area contributed by atoms with Gasteiger partial charge >= 0.3 is 0 Å². The minimum absolute atomic E-state index is 0. The molecule has 0 bridgehead atoms. The third-order valence-electron chi connectivity index (χ3n) is 3.36. The van der Waals surface area contributed by atoms with Crippen molar-refractivity contribution in [1.82, 2.24) is 0 Å². The van der Waals surface area contributed by atoms with E-state index < -0.39 is 0 Å². The smallest absolute Gasteiger partial charge is 0.0517 e. The average molecular weight is 297 g/mol. The van der Waals surface area contributed by atoms with Crippen LogP contribution in [0.25, 0.3) is 0 Å². The third kappa shape index (κ3) is 3.34. The molecule has 1 aliphatic rings. The van der Waals surface area contributed by atoms with E-state index in [0.717, 1.165) is 18.5 Å². The molecule has 1 heterocycles. The maximum atomic E-state index is 5.80. The Morgan fingerprint density at radius 1 is 1.00 bits per heavy atom. The molecule has 1 atom stereocenters. The zero-order chi connectivity index (χ0) is 11.7. The van der Waals surface area contributed by atoms with Crippen molar-refractivity contribution in [3.8, 4) is 0 Å². The predicted octanol–water partition coefficient (Wildman–Crippen LogP) is 4.21. The summed E-state index contributed by atoms with van der Waals surface area (Å²) in [4.78, 5) is 0. The van der Waals surface area contributed by atoms with Gasteiger partial charge in [0.05, 0.1) is 6.04 Å². The van der Waals surface area contributed by atoms with Crippen LogP contribution in [0.15, 0.2) is 48.5 Å². The van der Waals surface area contributed by atoms with E-state index >= 15 is 0 Å². The molecule has 2 aromatic rings. The molecule has 1 unspecified atom stereocenters. The lowest BCUT2D eigenvalue weighted by Crippen LogP contribution is -2.18. The molecule has 19 heavy (non-hydrogen) atoms. The van der Waals surface area contributed by atoms with Gasteiger partial charge in [0.1, 0.15) is 0 Å². The minimum Gasteiger partial charge on any atom is -0.399 e. The molecule has 0 aromatic heterocycles. The standard InChI is InChI=1S/C15H16N2.2ClH/c16-13-7-9-15-12(10-13)6-8-14(17-15)11-4-2-1-3-5-11;;/h1-5,7,9-10,14,17H,6,8,16H2;2*1H. The van der Waals surface area contributed by atoms with Crippen LogP contribution >= 0.6 is 24.8 Å². The van der Waals surface area contributed by atoms with Crippen LogP contribution in [0, 0.1) is 0 Å². The fourth-order valence-corrected chi connectivity index (χ4v) is 2.46. The summed E-state index contributed by atoms with van der Waals surface area (Å²) in [5.74, 6) is 0. The van der Waals surface area contributed by atoms with Crippen molar-refractivity contribution in [2.45, 2.75) is 18.9 Å². The molecule has 3 N–H and O–H groups in total. The number of nitrogens with two attached hydrogens (primary N) is 1. The number of rotatable bonds is 1. The molecule has 4 heteroatoms. The lowest BCUT2D eigenvalue weighted by atomic mass is 9.93. The molecular weight excluding hydrogens is 279 g/mol. The average Bonchev–Trinajstić information content (AvgIpc) is 2.39. The highest BCUT2D eigenvalue weighted by Crippen LogP contribution is 2.33. The fraction of sp³-hybridized carbons (Fsp3) is 0.200. The van der Waals surface area contributed by atoms with Crippen molar-refractivity contribution in [2.24, 2.45) is 0 Å². The van der Waals surface area contributed by atoms with Crippen LogP contribution in [0.2, 0.25) is 0 Å². The summed E-state index contributed by atoms with van der Waals surface area (Å²) in [6.45, 7) is 0. The van der Waals surface area contributed by atoms with E-state index in [2.05, 4.69) is 47.8 Å². The molecule has 102 valence electrons. The first kappa shape index (κ1) is 15.7. The van der Waals surface area contributed by atoms with Gasteiger partial charge in [-0.05, 0) is 42.2 Å². The second kappa shape index (κ2) is 6.69. The van der Waals surface area contributed by atoms with Gasteiger partial charge < -0.3 is 11.1 Å². The lowest BCUT2D eigenvalue weighted by Gasteiger charge is -2.27. The van der Waals surface area contributed by atoms with Gasteiger partial charge in [0.15, 0.2) is 0 Å². The number of fused-ring (bicyclic) bond motifs is 1. The molecule has 0 radical (unpaired) electrons.